The van der Waals surface area contributed by atoms with Crippen LogP contribution in [0.1, 0.15) is 29.9 Å². The molecule has 2 aromatic carbocycles. The van der Waals surface area contributed by atoms with Crippen LogP contribution in [0.3, 0.4) is 0 Å². The van der Waals surface area contributed by atoms with Crippen LogP contribution in [-0.2, 0) is 0 Å². The average Bonchev–Trinajstić information content (AvgIpc) is 2.79. The van der Waals surface area contributed by atoms with Crippen molar-refractivity contribution in [3.05, 3.63) is 66.0 Å². The minimum absolute atomic E-state index is 0.0905. The standard InChI is InChI=1S/C23H24N4O4/c1-15(2)31-18-7-5-17(6-8-18)22-24-10-9-21(26-22)23(28)27-25-14-16-11-19(29-3)13-20(12-16)30-4/h5-15H,1-4H3,(H,27,28). The minimum Gasteiger partial charge on any atom is -0.497 e. The number of nitrogens with one attached hydrogen (secondary N) is 1. The molecule has 0 saturated carbocycles. The van der Waals surface area contributed by atoms with Gasteiger partial charge in [0.1, 0.15) is 22.9 Å². The highest BCUT2D eigenvalue weighted by atomic mass is 16.5. The van der Waals surface area contributed by atoms with Crippen molar-refractivity contribution in [2.24, 2.45) is 5.10 Å². The Hall–Kier alpha value is -3.94. The number of benzene rings is 2. The van der Waals surface area contributed by atoms with Crippen LogP contribution >= 0.6 is 0 Å². The fourth-order valence-electron chi connectivity index (χ4n) is 2.71. The Balaban J connectivity index is 1.70. The molecule has 8 nitrogen and oxygen atoms in total. The summed E-state index contributed by atoms with van der Waals surface area (Å²) in [6, 6.07) is 14.2. The molecular weight excluding hydrogens is 396 g/mol. The third kappa shape index (κ3) is 6.02. The third-order valence-corrected chi connectivity index (χ3v) is 4.13. The lowest BCUT2D eigenvalue weighted by Crippen LogP contribution is -2.19. The first-order chi connectivity index (χ1) is 15.0. The van der Waals surface area contributed by atoms with Gasteiger partial charge in [-0.2, -0.15) is 5.10 Å². The van der Waals surface area contributed by atoms with E-state index in [1.807, 2.05) is 38.1 Å². The lowest BCUT2D eigenvalue weighted by molar-refractivity contribution is 0.0950. The molecule has 31 heavy (non-hydrogen) atoms. The van der Waals surface area contributed by atoms with E-state index in [4.69, 9.17) is 14.2 Å². The molecule has 1 amide bonds. The number of methoxy groups -OCH3 is 2. The molecule has 160 valence electrons. The molecule has 0 spiro atoms. The largest absolute Gasteiger partial charge is 0.497 e. The van der Waals surface area contributed by atoms with Gasteiger partial charge >= 0.3 is 0 Å². The molecule has 0 aliphatic rings. The molecule has 8 heteroatoms. The van der Waals surface area contributed by atoms with Gasteiger partial charge in [-0.15, -0.1) is 0 Å². The van der Waals surface area contributed by atoms with Gasteiger partial charge in [-0.25, -0.2) is 15.4 Å². The maximum atomic E-state index is 12.5. The van der Waals surface area contributed by atoms with Crippen molar-refractivity contribution in [2.45, 2.75) is 20.0 Å². The second kappa shape index (κ2) is 10.2. The lowest BCUT2D eigenvalue weighted by atomic mass is 10.2. The summed E-state index contributed by atoms with van der Waals surface area (Å²) >= 11 is 0. The number of ether oxygens (including phenoxy) is 3. The summed E-state index contributed by atoms with van der Waals surface area (Å²) in [7, 11) is 3.13. The summed E-state index contributed by atoms with van der Waals surface area (Å²) in [6.07, 6.45) is 3.12. The number of hydrogen-bond donors (Lipinski definition) is 1. The van der Waals surface area contributed by atoms with E-state index in [-0.39, 0.29) is 11.8 Å². The Kier molecular flexibility index (Phi) is 7.16. The van der Waals surface area contributed by atoms with Crippen LogP contribution in [0.4, 0.5) is 0 Å². The van der Waals surface area contributed by atoms with E-state index < -0.39 is 5.91 Å². The molecule has 1 aromatic heterocycles. The Bertz CT molecular complexity index is 1040. The van der Waals surface area contributed by atoms with Gasteiger partial charge in [-0.3, -0.25) is 4.79 Å². The van der Waals surface area contributed by atoms with Gasteiger partial charge in [-0.05, 0) is 56.3 Å². The van der Waals surface area contributed by atoms with Crippen molar-refractivity contribution < 1.29 is 19.0 Å². The molecule has 3 aromatic rings. The molecule has 0 atom stereocenters. The first-order valence-electron chi connectivity index (χ1n) is 9.65. The van der Waals surface area contributed by atoms with Crippen molar-refractivity contribution in [3.63, 3.8) is 0 Å². The Morgan fingerprint density at radius 1 is 1.00 bits per heavy atom. The van der Waals surface area contributed by atoms with Gasteiger partial charge in [0.05, 0.1) is 26.5 Å². The second-order valence-corrected chi connectivity index (χ2v) is 6.80. The van der Waals surface area contributed by atoms with E-state index >= 15 is 0 Å². The minimum atomic E-state index is -0.450. The highest BCUT2D eigenvalue weighted by Gasteiger charge is 2.10. The van der Waals surface area contributed by atoms with Crippen LogP contribution in [0.5, 0.6) is 17.2 Å². The van der Waals surface area contributed by atoms with E-state index in [2.05, 4.69) is 20.5 Å². The highest BCUT2D eigenvalue weighted by molar-refractivity contribution is 5.93. The summed E-state index contributed by atoms with van der Waals surface area (Å²) in [5.74, 6) is 1.99. The van der Waals surface area contributed by atoms with Crippen LogP contribution < -0.4 is 19.6 Å². The van der Waals surface area contributed by atoms with E-state index in [1.165, 1.54) is 18.5 Å². The molecule has 0 radical (unpaired) electrons. The fraction of sp³-hybridized carbons (Fsp3) is 0.217. The van der Waals surface area contributed by atoms with Gasteiger partial charge in [-0.1, -0.05) is 0 Å². The average molecular weight is 420 g/mol. The first-order valence-corrected chi connectivity index (χ1v) is 9.65. The van der Waals surface area contributed by atoms with Crippen molar-refractivity contribution in [2.75, 3.05) is 14.2 Å². The molecule has 0 saturated heterocycles. The second-order valence-electron chi connectivity index (χ2n) is 6.80. The predicted molar refractivity (Wildman–Crippen MR) is 118 cm³/mol. The van der Waals surface area contributed by atoms with Gasteiger partial charge in [0.2, 0.25) is 0 Å². The van der Waals surface area contributed by atoms with Gasteiger partial charge in [0.15, 0.2) is 5.82 Å². The number of carbonyl (C=O) groups excluding carboxylic acids is 1. The number of hydrogen-bond acceptors (Lipinski definition) is 7. The lowest BCUT2D eigenvalue weighted by Gasteiger charge is -2.10. The maximum absolute atomic E-state index is 12.5. The van der Waals surface area contributed by atoms with Crippen molar-refractivity contribution >= 4 is 12.1 Å². The SMILES string of the molecule is COc1cc(C=NNC(=O)c2ccnc(-c3ccc(OC(C)C)cc3)n2)cc(OC)c1. The molecule has 3 rings (SSSR count). The molecule has 0 unspecified atom stereocenters. The summed E-state index contributed by atoms with van der Waals surface area (Å²) < 4.78 is 16.1. The Labute approximate surface area is 180 Å². The molecule has 0 bridgehead atoms. The molecule has 0 aliphatic carbocycles. The van der Waals surface area contributed by atoms with Crippen molar-refractivity contribution in [1.29, 1.82) is 0 Å². The normalized spacial score (nSPS) is 10.9. The van der Waals surface area contributed by atoms with Crippen LogP contribution in [0.15, 0.2) is 59.8 Å². The zero-order chi connectivity index (χ0) is 22.2. The van der Waals surface area contributed by atoms with E-state index in [1.54, 1.807) is 32.4 Å². The maximum Gasteiger partial charge on any atom is 0.290 e. The molecule has 1 N–H and O–H groups in total. The van der Waals surface area contributed by atoms with Gasteiger partial charge in [0.25, 0.3) is 5.91 Å². The van der Waals surface area contributed by atoms with E-state index in [0.717, 1.165) is 11.3 Å². The van der Waals surface area contributed by atoms with E-state index in [9.17, 15) is 4.79 Å². The van der Waals surface area contributed by atoms with Crippen LogP contribution in [0.2, 0.25) is 0 Å². The number of rotatable bonds is 8. The molecular formula is C23H24N4O4. The summed E-state index contributed by atoms with van der Waals surface area (Å²) in [4.78, 5) is 21.0. The zero-order valence-corrected chi connectivity index (χ0v) is 17.8. The summed E-state index contributed by atoms with van der Waals surface area (Å²) in [5.41, 5.74) is 4.16. The van der Waals surface area contributed by atoms with Crippen LogP contribution in [0, 0.1) is 0 Å². The van der Waals surface area contributed by atoms with Crippen molar-refractivity contribution in [1.82, 2.24) is 15.4 Å². The smallest absolute Gasteiger partial charge is 0.290 e. The number of carbonyl (C=O) groups is 1. The molecule has 0 aliphatic heterocycles. The Morgan fingerprint density at radius 3 is 2.29 bits per heavy atom. The molecule has 0 fully saturated rings. The summed E-state index contributed by atoms with van der Waals surface area (Å²) in [5, 5.41) is 4.00. The van der Waals surface area contributed by atoms with Crippen molar-refractivity contribution in [3.8, 4) is 28.6 Å². The first kappa shape index (κ1) is 21.8. The highest BCUT2D eigenvalue weighted by Crippen LogP contribution is 2.22. The molecule has 1 heterocycles. The third-order valence-electron chi connectivity index (χ3n) is 4.13. The monoisotopic (exact) mass is 420 g/mol. The number of aromatic nitrogens is 2. The zero-order valence-electron chi connectivity index (χ0n) is 17.8. The van der Waals surface area contributed by atoms with Gasteiger partial charge in [0, 0.05) is 23.4 Å². The van der Waals surface area contributed by atoms with E-state index in [0.29, 0.717) is 22.9 Å². The number of hydrazone groups is 1. The van der Waals surface area contributed by atoms with Crippen LogP contribution in [-0.4, -0.2) is 42.4 Å². The van der Waals surface area contributed by atoms with Gasteiger partial charge < -0.3 is 14.2 Å². The predicted octanol–water partition coefficient (Wildman–Crippen LogP) is 3.71. The quantitative estimate of drug-likeness (QED) is 0.441. The fourth-order valence-corrected chi connectivity index (χ4v) is 2.71. The topological polar surface area (TPSA) is 94.9 Å². The number of nitrogens with zero attached hydrogens (tertiary/aromatic N) is 3. The van der Waals surface area contributed by atoms with Crippen LogP contribution in [0.25, 0.3) is 11.4 Å². The Morgan fingerprint density at radius 2 is 1.68 bits per heavy atom. The number of amides is 1. The summed E-state index contributed by atoms with van der Waals surface area (Å²) in [6.45, 7) is 3.93.